The fourth-order valence-corrected chi connectivity index (χ4v) is 3.68. The van der Waals surface area contributed by atoms with E-state index in [1.54, 1.807) is 31.3 Å². The van der Waals surface area contributed by atoms with E-state index >= 15 is 0 Å². The number of fused-ring (bicyclic) bond motifs is 2. The van der Waals surface area contributed by atoms with Gasteiger partial charge in [-0.05, 0) is 6.07 Å². The number of nitrogens with two attached hydrogens (primary N) is 1. The Labute approximate surface area is 166 Å². The lowest BCUT2D eigenvalue weighted by Crippen LogP contribution is -2.53. The highest BCUT2D eigenvalue weighted by Crippen LogP contribution is 2.35. The Hall–Kier alpha value is -2.21. The molecule has 0 spiro atoms. The Bertz CT molecular complexity index is 893. The number of carbonyl (C=O) groups is 2. The number of quaternary nitrogens is 1. The summed E-state index contributed by atoms with van der Waals surface area (Å²) in [5.41, 5.74) is 9.75. The van der Waals surface area contributed by atoms with Crippen molar-refractivity contribution in [1.82, 2.24) is 0 Å². The smallest absolute Gasteiger partial charge is 0.196 e. The normalized spacial score (nSPS) is 14.1. The van der Waals surface area contributed by atoms with Gasteiger partial charge in [-0.2, -0.15) is 0 Å². The van der Waals surface area contributed by atoms with Crippen molar-refractivity contribution in [2.75, 3.05) is 26.5 Å². The second kappa shape index (κ2) is 7.80. The van der Waals surface area contributed by atoms with Gasteiger partial charge in [0, 0.05) is 41.4 Å². The molecule has 1 atom stereocenters. The summed E-state index contributed by atoms with van der Waals surface area (Å²) in [6.45, 7) is 2.64. The molecule has 1 aliphatic carbocycles. The fraction of sp³-hybridized carbons (Fsp3) is 0.333. The van der Waals surface area contributed by atoms with Crippen LogP contribution in [-0.2, 0) is 6.54 Å². The lowest BCUT2D eigenvalue weighted by molar-refractivity contribution is -0.927. The molecule has 0 heterocycles. The van der Waals surface area contributed by atoms with Gasteiger partial charge in [-0.25, -0.2) is 0 Å². The molecule has 27 heavy (non-hydrogen) atoms. The highest BCUT2D eigenvalue weighted by Gasteiger charge is 2.35. The van der Waals surface area contributed by atoms with Crippen molar-refractivity contribution in [3.63, 3.8) is 0 Å². The van der Waals surface area contributed by atoms with Crippen molar-refractivity contribution in [2.45, 2.75) is 26.1 Å². The number of anilines is 1. The van der Waals surface area contributed by atoms with Gasteiger partial charge in [0.2, 0.25) is 0 Å². The molecule has 0 radical (unpaired) electrons. The third kappa shape index (κ3) is 3.50. The van der Waals surface area contributed by atoms with E-state index < -0.39 is 0 Å². The van der Waals surface area contributed by atoms with Crippen LogP contribution in [0.5, 0.6) is 0 Å². The summed E-state index contributed by atoms with van der Waals surface area (Å²) in [6.07, 6.45) is 0.788. The summed E-state index contributed by atoms with van der Waals surface area (Å²) in [6, 6.07) is 10.8. The predicted octanol–water partition coefficient (Wildman–Crippen LogP) is 3.20. The van der Waals surface area contributed by atoms with Crippen molar-refractivity contribution in [2.24, 2.45) is 5.73 Å². The molecule has 6 heteroatoms. The van der Waals surface area contributed by atoms with E-state index in [2.05, 4.69) is 26.3 Å². The van der Waals surface area contributed by atoms with Gasteiger partial charge < -0.3 is 9.80 Å². The summed E-state index contributed by atoms with van der Waals surface area (Å²) >= 11 is 0. The highest BCUT2D eigenvalue weighted by molar-refractivity contribution is 6.30. The minimum atomic E-state index is -0.105. The first-order chi connectivity index (χ1) is 12.3. The third-order valence-corrected chi connectivity index (χ3v) is 5.33. The van der Waals surface area contributed by atoms with Crippen LogP contribution in [0.1, 0.15) is 50.8 Å². The average Bonchev–Trinajstić information content (AvgIpc) is 2.64. The van der Waals surface area contributed by atoms with Crippen LogP contribution in [0.3, 0.4) is 0 Å². The average molecular weight is 389 g/mol. The second-order valence-corrected chi connectivity index (χ2v) is 7.39. The molecule has 144 valence electrons. The minimum absolute atomic E-state index is 0. The van der Waals surface area contributed by atoms with Crippen LogP contribution in [0.4, 0.5) is 5.69 Å². The van der Waals surface area contributed by atoms with Gasteiger partial charge in [0.1, 0.15) is 12.7 Å². The number of benzene rings is 2. The van der Waals surface area contributed by atoms with Gasteiger partial charge >= 0.3 is 0 Å². The maximum Gasteiger partial charge on any atom is 0.196 e. The number of ketones is 2. The maximum atomic E-state index is 13.2. The Kier molecular flexibility index (Phi) is 6.10. The largest absolute Gasteiger partial charge is 0.388 e. The summed E-state index contributed by atoms with van der Waals surface area (Å²) < 4.78 is 0.547. The molecule has 1 unspecified atom stereocenters. The van der Waals surface area contributed by atoms with Crippen LogP contribution >= 0.6 is 12.4 Å². The minimum Gasteiger partial charge on any atom is -0.388 e. The zero-order chi connectivity index (χ0) is 19.1. The van der Waals surface area contributed by atoms with Gasteiger partial charge in [-0.1, -0.05) is 37.3 Å². The van der Waals surface area contributed by atoms with Crippen molar-refractivity contribution in [3.05, 3.63) is 64.2 Å². The molecular weight excluding hydrogens is 362 g/mol. The molecule has 5 nitrogen and oxygen atoms in total. The van der Waals surface area contributed by atoms with Crippen molar-refractivity contribution in [3.8, 4) is 0 Å². The molecular formula is C21H27ClN3O2+. The first-order valence-corrected chi connectivity index (χ1v) is 8.92. The molecule has 0 saturated carbocycles. The topological polar surface area (TPSA) is 72.2 Å². The van der Waals surface area contributed by atoms with Crippen LogP contribution in [-0.4, -0.2) is 43.4 Å². The zero-order valence-electron chi connectivity index (χ0n) is 16.2. The second-order valence-electron chi connectivity index (χ2n) is 7.39. The molecule has 0 aliphatic heterocycles. The molecule has 0 aromatic heterocycles. The number of nitrogens with one attached hydrogen (secondary N) is 1. The molecule has 1 aliphatic rings. The molecule has 2 aromatic carbocycles. The molecule has 0 bridgehead atoms. The number of hydrogen-bond donors (Lipinski definition) is 2. The molecule has 0 fully saturated rings. The van der Waals surface area contributed by atoms with E-state index in [-0.39, 0.29) is 30.1 Å². The first kappa shape index (κ1) is 21.1. The summed E-state index contributed by atoms with van der Waals surface area (Å²) in [7, 11) is 5.87. The van der Waals surface area contributed by atoms with Crippen LogP contribution in [0, 0.1) is 0 Å². The zero-order valence-corrected chi connectivity index (χ0v) is 17.0. The Morgan fingerprint density at radius 3 is 2.07 bits per heavy atom. The van der Waals surface area contributed by atoms with Crippen molar-refractivity contribution in [1.29, 1.82) is 0 Å². The van der Waals surface area contributed by atoms with Crippen LogP contribution < -0.4 is 11.1 Å². The number of rotatable bonds is 5. The van der Waals surface area contributed by atoms with Crippen molar-refractivity contribution >= 4 is 29.7 Å². The Balaban J connectivity index is 0.00000261. The monoisotopic (exact) mass is 388 g/mol. The van der Waals surface area contributed by atoms with E-state index in [0.717, 1.165) is 12.0 Å². The Morgan fingerprint density at radius 2 is 1.56 bits per heavy atom. The highest BCUT2D eigenvalue weighted by atomic mass is 35.5. The maximum absolute atomic E-state index is 13.2. The van der Waals surface area contributed by atoms with Crippen LogP contribution in [0.25, 0.3) is 0 Å². The fourth-order valence-electron chi connectivity index (χ4n) is 3.68. The summed E-state index contributed by atoms with van der Waals surface area (Å²) in [5.74, 6) is -0.195. The van der Waals surface area contributed by atoms with Gasteiger partial charge in [0.15, 0.2) is 11.6 Å². The lowest BCUT2D eigenvalue weighted by atomic mass is 9.80. The molecule has 0 amide bonds. The number of carbonyl (C=O) groups excluding carboxylic acids is 2. The molecule has 3 N–H and O–H groups in total. The Morgan fingerprint density at radius 1 is 1.00 bits per heavy atom. The first-order valence-electron chi connectivity index (χ1n) is 8.92. The predicted molar refractivity (Wildman–Crippen MR) is 111 cm³/mol. The summed E-state index contributed by atoms with van der Waals surface area (Å²) in [4.78, 5) is 26.4. The van der Waals surface area contributed by atoms with Crippen molar-refractivity contribution < 1.29 is 14.1 Å². The SMILES string of the molecule is CCC(N)[N+](C)(C)Cc1ccc(NC)c2c1C(=O)c1ccccc1C2=O.Cl. The molecule has 2 aromatic rings. The van der Waals surface area contributed by atoms with Gasteiger partial charge in [-0.15, -0.1) is 12.4 Å². The van der Waals surface area contributed by atoms with Crippen LogP contribution in [0.15, 0.2) is 36.4 Å². The standard InChI is InChI=1S/C21H25N3O2.ClH/c1-5-17(22)24(3,4)12-13-10-11-16(23-2)19-18(13)20(25)14-8-6-7-9-15(14)21(19)26;/h6-11,17H,5,12,22H2,1-4H3;1H/p+1. The van der Waals surface area contributed by atoms with Gasteiger partial charge in [0.25, 0.3) is 0 Å². The van der Waals surface area contributed by atoms with E-state index in [0.29, 0.717) is 39.0 Å². The van der Waals surface area contributed by atoms with E-state index in [1.165, 1.54) is 0 Å². The van der Waals surface area contributed by atoms with E-state index in [4.69, 9.17) is 5.73 Å². The quantitative estimate of drug-likeness (QED) is 0.520. The van der Waals surface area contributed by atoms with E-state index in [1.807, 2.05) is 12.1 Å². The van der Waals surface area contributed by atoms with E-state index in [9.17, 15) is 9.59 Å². The summed E-state index contributed by atoms with van der Waals surface area (Å²) in [5, 5.41) is 3.06. The third-order valence-electron chi connectivity index (χ3n) is 5.33. The van der Waals surface area contributed by atoms with Gasteiger partial charge in [-0.3, -0.25) is 15.3 Å². The number of hydrogen-bond acceptors (Lipinski definition) is 4. The van der Waals surface area contributed by atoms with Crippen LogP contribution in [0.2, 0.25) is 0 Å². The molecule has 0 saturated heterocycles. The number of halogens is 1. The molecule has 3 rings (SSSR count). The van der Waals surface area contributed by atoms with Gasteiger partial charge in [0.05, 0.1) is 19.7 Å². The lowest BCUT2D eigenvalue weighted by Gasteiger charge is -2.36. The number of nitrogens with zero attached hydrogens (tertiary/aromatic N) is 1.